The van der Waals surface area contributed by atoms with E-state index < -0.39 is 5.82 Å². The molecule has 2 aromatic rings. The molecule has 0 radical (unpaired) electrons. The van der Waals surface area contributed by atoms with E-state index in [9.17, 15) is 4.39 Å². The van der Waals surface area contributed by atoms with Gasteiger partial charge in [-0.05, 0) is 43.2 Å². The Bertz CT molecular complexity index is 619. The summed E-state index contributed by atoms with van der Waals surface area (Å²) >= 11 is 9.44. The van der Waals surface area contributed by atoms with Gasteiger partial charge in [0.25, 0.3) is 0 Å². The fourth-order valence-corrected chi connectivity index (χ4v) is 2.41. The second-order valence-electron chi connectivity index (χ2n) is 4.59. The molecule has 0 aliphatic rings. The van der Waals surface area contributed by atoms with E-state index >= 15 is 0 Å². The third-order valence-electron chi connectivity index (χ3n) is 2.70. The van der Waals surface area contributed by atoms with Crippen LogP contribution in [-0.2, 0) is 6.42 Å². The Balaban J connectivity index is 2.39. The maximum Gasteiger partial charge on any atom is 0.165 e. The molecule has 0 aromatic heterocycles. The number of halogens is 3. The smallest absolute Gasteiger partial charge is 0.165 e. The Kier molecular flexibility index (Phi) is 5.02. The lowest BCUT2D eigenvalue weighted by atomic mass is 10.1. The van der Waals surface area contributed by atoms with Crippen molar-refractivity contribution in [3.8, 4) is 11.5 Å². The number of hydrogen-bond acceptors (Lipinski definition) is 2. The fourth-order valence-electron chi connectivity index (χ4n) is 1.84. The van der Waals surface area contributed by atoms with Gasteiger partial charge in [0.1, 0.15) is 5.75 Å². The van der Waals surface area contributed by atoms with Crippen LogP contribution in [0.2, 0.25) is 5.02 Å². The molecule has 2 nitrogen and oxygen atoms in total. The van der Waals surface area contributed by atoms with Crippen LogP contribution in [0.3, 0.4) is 0 Å². The van der Waals surface area contributed by atoms with E-state index in [1.54, 1.807) is 18.2 Å². The summed E-state index contributed by atoms with van der Waals surface area (Å²) in [5, 5.41) is 0.433. The van der Waals surface area contributed by atoms with E-state index in [0.717, 1.165) is 10.0 Å². The molecule has 0 aliphatic heterocycles. The number of hydrogen-bond donors (Lipinski definition) is 1. The zero-order valence-electron chi connectivity index (χ0n) is 10.9. The van der Waals surface area contributed by atoms with Crippen LogP contribution in [0, 0.1) is 5.82 Å². The van der Waals surface area contributed by atoms with Gasteiger partial charge in [-0.25, -0.2) is 4.39 Å². The van der Waals surface area contributed by atoms with Crippen LogP contribution >= 0.6 is 27.5 Å². The largest absolute Gasteiger partial charge is 0.452 e. The molecule has 0 heterocycles. The van der Waals surface area contributed by atoms with Crippen LogP contribution < -0.4 is 10.5 Å². The predicted molar refractivity (Wildman–Crippen MR) is 83.0 cm³/mol. The molecule has 0 spiro atoms. The van der Waals surface area contributed by atoms with Gasteiger partial charge >= 0.3 is 0 Å². The van der Waals surface area contributed by atoms with Crippen LogP contribution in [0.4, 0.5) is 4.39 Å². The lowest BCUT2D eigenvalue weighted by molar-refractivity contribution is 0.436. The molecule has 106 valence electrons. The maximum absolute atomic E-state index is 13.8. The number of nitrogens with two attached hydrogens (primary N) is 1. The van der Waals surface area contributed by atoms with Crippen LogP contribution in [0.5, 0.6) is 11.5 Å². The zero-order chi connectivity index (χ0) is 14.7. The zero-order valence-corrected chi connectivity index (χ0v) is 13.2. The van der Waals surface area contributed by atoms with E-state index in [4.69, 9.17) is 22.1 Å². The van der Waals surface area contributed by atoms with Gasteiger partial charge in [0, 0.05) is 10.5 Å². The van der Waals surface area contributed by atoms with Crippen LogP contribution in [0.25, 0.3) is 0 Å². The molecule has 0 bridgehead atoms. The standard InChI is InChI=1S/C15H14BrClFNO/c1-9(19)7-10-3-2-4-12(17)15(10)20-14-8-11(16)5-6-13(14)18/h2-6,8-9H,7,19H2,1H3. The first kappa shape index (κ1) is 15.3. The number of ether oxygens (including phenoxy) is 1. The molecule has 2 N–H and O–H groups in total. The van der Waals surface area contributed by atoms with Crippen molar-refractivity contribution in [2.75, 3.05) is 0 Å². The van der Waals surface area contributed by atoms with Gasteiger partial charge in [0.2, 0.25) is 0 Å². The third kappa shape index (κ3) is 3.72. The van der Waals surface area contributed by atoms with Gasteiger partial charge in [0.15, 0.2) is 11.6 Å². The summed E-state index contributed by atoms with van der Waals surface area (Å²) in [6, 6.07) is 9.87. The molecule has 0 aliphatic carbocycles. The highest BCUT2D eigenvalue weighted by Gasteiger charge is 2.13. The van der Waals surface area contributed by atoms with Gasteiger partial charge in [-0.1, -0.05) is 39.7 Å². The summed E-state index contributed by atoms with van der Waals surface area (Å²) in [7, 11) is 0. The first-order valence-corrected chi connectivity index (χ1v) is 7.30. The maximum atomic E-state index is 13.8. The third-order valence-corrected chi connectivity index (χ3v) is 3.49. The fraction of sp³-hybridized carbons (Fsp3) is 0.200. The lowest BCUT2D eigenvalue weighted by Crippen LogP contribution is -2.18. The van der Waals surface area contributed by atoms with Gasteiger partial charge in [-0.2, -0.15) is 0 Å². The predicted octanol–water partition coefficient (Wildman–Crippen LogP) is 4.92. The molecule has 1 unspecified atom stereocenters. The molecular weight excluding hydrogens is 345 g/mol. The number of rotatable bonds is 4. The topological polar surface area (TPSA) is 35.2 Å². The summed E-state index contributed by atoms with van der Waals surface area (Å²) in [6.07, 6.45) is 0.603. The highest BCUT2D eigenvalue weighted by atomic mass is 79.9. The molecule has 5 heteroatoms. The molecular formula is C15H14BrClFNO. The first-order valence-electron chi connectivity index (χ1n) is 6.13. The van der Waals surface area contributed by atoms with Crippen LogP contribution in [-0.4, -0.2) is 6.04 Å². The molecule has 0 amide bonds. The minimum absolute atomic E-state index is 0.0387. The van der Waals surface area contributed by atoms with Crippen molar-refractivity contribution in [2.24, 2.45) is 5.73 Å². The summed E-state index contributed by atoms with van der Waals surface area (Å²) in [5.74, 6) is 0.127. The summed E-state index contributed by atoms with van der Waals surface area (Å²) < 4.78 is 20.2. The highest BCUT2D eigenvalue weighted by molar-refractivity contribution is 9.10. The average Bonchev–Trinajstić information content (AvgIpc) is 2.37. The van der Waals surface area contributed by atoms with Crippen molar-refractivity contribution in [2.45, 2.75) is 19.4 Å². The SMILES string of the molecule is CC(N)Cc1cccc(Cl)c1Oc1cc(Br)ccc1F. The van der Waals surface area contributed by atoms with E-state index in [-0.39, 0.29) is 11.8 Å². The Morgan fingerprint density at radius 2 is 2.10 bits per heavy atom. The van der Waals surface area contributed by atoms with Crippen molar-refractivity contribution >= 4 is 27.5 Å². The van der Waals surface area contributed by atoms with E-state index in [0.29, 0.717) is 17.2 Å². The monoisotopic (exact) mass is 357 g/mol. The van der Waals surface area contributed by atoms with E-state index in [2.05, 4.69) is 15.9 Å². The van der Waals surface area contributed by atoms with Gasteiger partial charge in [-0.3, -0.25) is 0 Å². The second kappa shape index (κ2) is 6.57. The van der Waals surface area contributed by atoms with Crippen molar-refractivity contribution in [1.82, 2.24) is 0 Å². The van der Waals surface area contributed by atoms with Crippen molar-refractivity contribution in [1.29, 1.82) is 0 Å². The summed E-state index contributed by atoms with van der Waals surface area (Å²) in [5.41, 5.74) is 6.66. The average molecular weight is 359 g/mol. The molecule has 1 atom stereocenters. The van der Waals surface area contributed by atoms with Crippen molar-refractivity contribution in [3.05, 3.63) is 57.3 Å². The molecule has 2 rings (SSSR count). The summed E-state index contributed by atoms with van der Waals surface area (Å²) in [6.45, 7) is 1.89. The Labute approximate surface area is 130 Å². The lowest BCUT2D eigenvalue weighted by Gasteiger charge is -2.15. The molecule has 0 saturated carbocycles. The minimum Gasteiger partial charge on any atom is -0.452 e. The summed E-state index contributed by atoms with van der Waals surface area (Å²) in [4.78, 5) is 0. The first-order chi connectivity index (χ1) is 9.47. The number of benzene rings is 2. The molecule has 0 saturated heterocycles. The van der Waals surface area contributed by atoms with Crippen LogP contribution in [0.1, 0.15) is 12.5 Å². The van der Waals surface area contributed by atoms with Gasteiger partial charge in [-0.15, -0.1) is 0 Å². The normalized spacial score (nSPS) is 12.2. The minimum atomic E-state index is -0.445. The van der Waals surface area contributed by atoms with E-state index in [1.165, 1.54) is 6.07 Å². The molecule has 0 fully saturated rings. The van der Waals surface area contributed by atoms with Gasteiger partial charge < -0.3 is 10.5 Å². The molecule has 2 aromatic carbocycles. The van der Waals surface area contributed by atoms with Gasteiger partial charge in [0.05, 0.1) is 5.02 Å². The highest BCUT2D eigenvalue weighted by Crippen LogP contribution is 2.35. The quantitative estimate of drug-likeness (QED) is 0.841. The van der Waals surface area contributed by atoms with Crippen molar-refractivity contribution < 1.29 is 9.13 Å². The van der Waals surface area contributed by atoms with E-state index in [1.807, 2.05) is 19.1 Å². The van der Waals surface area contributed by atoms with Crippen molar-refractivity contribution in [3.63, 3.8) is 0 Å². The van der Waals surface area contributed by atoms with Crippen LogP contribution in [0.15, 0.2) is 40.9 Å². The number of para-hydroxylation sites is 1. The Morgan fingerprint density at radius 1 is 1.35 bits per heavy atom. The Hall–Kier alpha value is -1.10. The molecule has 20 heavy (non-hydrogen) atoms. The second-order valence-corrected chi connectivity index (χ2v) is 5.91. The Morgan fingerprint density at radius 3 is 2.80 bits per heavy atom.